The second kappa shape index (κ2) is 5.37. The molecule has 0 aliphatic rings. The number of nitrogens with one attached hydrogen (secondary N) is 1. The number of hydrogen-bond acceptors (Lipinski definition) is 4. The smallest absolute Gasteiger partial charge is 0.251 e. The molecule has 5 nitrogen and oxygen atoms in total. The molecule has 0 fully saturated rings. The highest BCUT2D eigenvalue weighted by atomic mass is 16.3. The van der Waals surface area contributed by atoms with Crippen molar-refractivity contribution in [3.8, 4) is 11.5 Å². The first kappa shape index (κ1) is 12.3. The Hall–Kier alpha value is -1.75. The minimum atomic E-state index is -0.341. The van der Waals surface area contributed by atoms with E-state index in [0.29, 0.717) is 13.0 Å². The van der Waals surface area contributed by atoms with E-state index in [1.165, 1.54) is 18.2 Å². The summed E-state index contributed by atoms with van der Waals surface area (Å²) in [6.07, 6.45) is 0.677. The van der Waals surface area contributed by atoms with Crippen LogP contribution in [0.15, 0.2) is 18.2 Å². The van der Waals surface area contributed by atoms with Crippen LogP contribution in [0.25, 0.3) is 0 Å². The Morgan fingerprint density at radius 3 is 2.44 bits per heavy atom. The summed E-state index contributed by atoms with van der Waals surface area (Å²) in [7, 11) is 0. The minimum Gasteiger partial charge on any atom is -0.508 e. The van der Waals surface area contributed by atoms with Crippen molar-refractivity contribution >= 4 is 5.91 Å². The first-order chi connectivity index (χ1) is 7.52. The number of rotatable bonds is 4. The number of amides is 1. The van der Waals surface area contributed by atoms with Crippen molar-refractivity contribution in [2.45, 2.75) is 19.4 Å². The average Bonchev–Trinajstić information content (AvgIpc) is 2.16. The maximum absolute atomic E-state index is 11.7. The third-order valence-electron chi connectivity index (χ3n) is 2.14. The molecular formula is C11H16N2O3. The SMILES string of the molecule is CC(CCN)NC(=O)c1cc(O)cc(O)c1. The number of carbonyl (C=O) groups excluding carboxylic acids is 1. The molecule has 0 aliphatic heterocycles. The van der Waals surface area contributed by atoms with E-state index in [-0.39, 0.29) is 29.0 Å². The maximum atomic E-state index is 11.7. The molecule has 1 unspecified atom stereocenters. The molecule has 0 spiro atoms. The molecule has 0 saturated carbocycles. The minimum absolute atomic E-state index is 0.0398. The Labute approximate surface area is 93.9 Å². The quantitative estimate of drug-likeness (QED) is 0.601. The lowest BCUT2D eigenvalue weighted by molar-refractivity contribution is 0.0938. The van der Waals surface area contributed by atoms with Crippen LogP contribution in [-0.4, -0.2) is 28.7 Å². The van der Waals surface area contributed by atoms with E-state index in [1.54, 1.807) is 0 Å². The van der Waals surface area contributed by atoms with E-state index in [4.69, 9.17) is 5.73 Å². The number of aromatic hydroxyl groups is 2. The van der Waals surface area contributed by atoms with Gasteiger partial charge in [-0.2, -0.15) is 0 Å². The van der Waals surface area contributed by atoms with Gasteiger partial charge < -0.3 is 21.3 Å². The lowest BCUT2D eigenvalue weighted by Crippen LogP contribution is -2.33. The Bertz CT molecular complexity index is 359. The fraction of sp³-hybridized carbons (Fsp3) is 0.364. The van der Waals surface area contributed by atoms with Crippen LogP contribution in [0.3, 0.4) is 0 Å². The summed E-state index contributed by atoms with van der Waals surface area (Å²) in [5.74, 6) is -0.625. The molecule has 1 aromatic rings. The van der Waals surface area contributed by atoms with Gasteiger partial charge in [0.1, 0.15) is 11.5 Å². The van der Waals surface area contributed by atoms with Crippen molar-refractivity contribution in [3.63, 3.8) is 0 Å². The van der Waals surface area contributed by atoms with Gasteiger partial charge in [0.05, 0.1) is 0 Å². The van der Waals surface area contributed by atoms with Gasteiger partial charge in [-0.1, -0.05) is 0 Å². The van der Waals surface area contributed by atoms with E-state index < -0.39 is 0 Å². The second-order valence-corrected chi connectivity index (χ2v) is 3.69. The molecule has 1 rings (SSSR count). The first-order valence-electron chi connectivity index (χ1n) is 5.07. The van der Waals surface area contributed by atoms with Crippen molar-refractivity contribution < 1.29 is 15.0 Å². The Balaban J connectivity index is 2.72. The molecular weight excluding hydrogens is 208 g/mol. The lowest BCUT2D eigenvalue weighted by Gasteiger charge is -2.12. The fourth-order valence-corrected chi connectivity index (χ4v) is 1.36. The van der Waals surface area contributed by atoms with Gasteiger partial charge >= 0.3 is 0 Å². The molecule has 0 radical (unpaired) electrons. The van der Waals surface area contributed by atoms with Gasteiger partial charge in [-0.15, -0.1) is 0 Å². The summed E-state index contributed by atoms with van der Waals surface area (Å²) >= 11 is 0. The molecule has 0 aliphatic carbocycles. The van der Waals surface area contributed by atoms with Crippen molar-refractivity contribution in [2.75, 3.05) is 6.54 Å². The normalized spacial score (nSPS) is 12.1. The molecule has 1 amide bonds. The summed E-state index contributed by atoms with van der Waals surface area (Å²) in [5, 5.41) is 21.2. The monoisotopic (exact) mass is 224 g/mol. The summed E-state index contributed by atoms with van der Waals surface area (Å²) in [5.41, 5.74) is 5.58. The first-order valence-corrected chi connectivity index (χ1v) is 5.07. The van der Waals surface area contributed by atoms with Gasteiger partial charge in [0.15, 0.2) is 0 Å². The van der Waals surface area contributed by atoms with Gasteiger partial charge in [-0.3, -0.25) is 4.79 Å². The van der Waals surface area contributed by atoms with Crippen molar-refractivity contribution in [2.24, 2.45) is 5.73 Å². The largest absolute Gasteiger partial charge is 0.508 e. The lowest BCUT2D eigenvalue weighted by atomic mass is 10.1. The zero-order valence-electron chi connectivity index (χ0n) is 9.10. The molecule has 0 saturated heterocycles. The number of carbonyl (C=O) groups is 1. The maximum Gasteiger partial charge on any atom is 0.251 e. The third kappa shape index (κ3) is 3.43. The number of phenolic OH excluding ortho intramolecular Hbond substituents is 2. The van der Waals surface area contributed by atoms with Crippen molar-refractivity contribution in [1.29, 1.82) is 0 Å². The average molecular weight is 224 g/mol. The highest BCUT2D eigenvalue weighted by molar-refractivity contribution is 5.95. The Morgan fingerprint density at radius 2 is 1.94 bits per heavy atom. The summed E-state index contributed by atoms with van der Waals surface area (Å²) in [6, 6.07) is 3.72. The molecule has 1 aromatic carbocycles. The van der Waals surface area contributed by atoms with Crippen molar-refractivity contribution in [3.05, 3.63) is 23.8 Å². The van der Waals surface area contributed by atoms with Crippen LogP contribution in [-0.2, 0) is 0 Å². The van der Waals surface area contributed by atoms with Crippen LogP contribution in [0.1, 0.15) is 23.7 Å². The molecule has 1 atom stereocenters. The molecule has 0 bridgehead atoms. The van der Waals surface area contributed by atoms with Crippen LogP contribution in [0.4, 0.5) is 0 Å². The van der Waals surface area contributed by atoms with Crippen LogP contribution in [0.2, 0.25) is 0 Å². The summed E-state index contributed by atoms with van der Waals surface area (Å²) < 4.78 is 0. The summed E-state index contributed by atoms with van der Waals surface area (Å²) in [4.78, 5) is 11.7. The Kier molecular flexibility index (Phi) is 4.13. The second-order valence-electron chi connectivity index (χ2n) is 3.69. The van der Waals surface area contributed by atoms with E-state index in [1.807, 2.05) is 6.92 Å². The number of benzene rings is 1. The van der Waals surface area contributed by atoms with Crippen molar-refractivity contribution in [1.82, 2.24) is 5.32 Å². The zero-order valence-corrected chi connectivity index (χ0v) is 9.10. The number of phenols is 2. The van der Waals surface area contributed by atoms with Gasteiger partial charge in [-0.25, -0.2) is 0 Å². The van der Waals surface area contributed by atoms with Gasteiger partial charge in [0.2, 0.25) is 0 Å². The van der Waals surface area contributed by atoms with Crippen LogP contribution in [0, 0.1) is 0 Å². The molecule has 5 N–H and O–H groups in total. The van der Waals surface area contributed by atoms with E-state index in [9.17, 15) is 15.0 Å². The highest BCUT2D eigenvalue weighted by Crippen LogP contribution is 2.20. The zero-order chi connectivity index (χ0) is 12.1. The molecule has 16 heavy (non-hydrogen) atoms. The van der Waals surface area contributed by atoms with Gasteiger partial charge in [0.25, 0.3) is 5.91 Å². The standard InChI is InChI=1S/C11H16N2O3/c1-7(2-3-12)13-11(16)8-4-9(14)6-10(15)5-8/h4-7,14-15H,2-3,12H2,1H3,(H,13,16). The topological polar surface area (TPSA) is 95.6 Å². The molecule has 0 heterocycles. The van der Waals surface area contributed by atoms with Gasteiger partial charge in [0, 0.05) is 17.7 Å². The molecule has 0 aromatic heterocycles. The van der Waals surface area contributed by atoms with Crippen LogP contribution < -0.4 is 11.1 Å². The summed E-state index contributed by atoms with van der Waals surface area (Å²) in [6.45, 7) is 2.33. The third-order valence-corrected chi connectivity index (χ3v) is 2.14. The fourth-order valence-electron chi connectivity index (χ4n) is 1.36. The van der Waals surface area contributed by atoms with Gasteiger partial charge in [-0.05, 0) is 32.0 Å². The van der Waals surface area contributed by atoms with E-state index in [0.717, 1.165) is 0 Å². The molecule has 5 heteroatoms. The van der Waals surface area contributed by atoms with Crippen LogP contribution >= 0.6 is 0 Å². The molecule has 88 valence electrons. The predicted molar refractivity (Wildman–Crippen MR) is 60.4 cm³/mol. The van der Waals surface area contributed by atoms with E-state index in [2.05, 4.69) is 5.32 Å². The van der Waals surface area contributed by atoms with E-state index >= 15 is 0 Å². The number of nitrogens with two attached hydrogens (primary N) is 1. The number of hydrogen-bond donors (Lipinski definition) is 4. The van der Waals surface area contributed by atoms with Crippen LogP contribution in [0.5, 0.6) is 11.5 Å². The Morgan fingerprint density at radius 1 is 1.38 bits per heavy atom. The predicted octanol–water partition coefficient (Wildman–Crippen LogP) is 0.565. The highest BCUT2D eigenvalue weighted by Gasteiger charge is 2.10.